The van der Waals surface area contributed by atoms with Gasteiger partial charge in [0.15, 0.2) is 5.82 Å². The van der Waals surface area contributed by atoms with E-state index in [1.165, 1.54) is 18.3 Å². The van der Waals surface area contributed by atoms with E-state index in [1.807, 2.05) is 18.2 Å². The Morgan fingerprint density at radius 2 is 1.57 bits per heavy atom. The predicted octanol–water partition coefficient (Wildman–Crippen LogP) is 4.60. The fourth-order valence-corrected chi connectivity index (χ4v) is 2.74. The monoisotopic (exact) mass is 370 g/mol. The van der Waals surface area contributed by atoms with Gasteiger partial charge in [0.2, 0.25) is 0 Å². The van der Waals surface area contributed by atoms with E-state index in [4.69, 9.17) is 0 Å². The molecule has 0 atom stereocenters. The van der Waals surface area contributed by atoms with E-state index >= 15 is 0 Å². The van der Waals surface area contributed by atoms with Gasteiger partial charge in [-0.3, -0.25) is 9.78 Å². The Labute approximate surface area is 161 Å². The lowest BCUT2D eigenvalue weighted by molar-refractivity contribution is 0.102. The number of amides is 1. The second-order valence-corrected chi connectivity index (χ2v) is 6.02. The summed E-state index contributed by atoms with van der Waals surface area (Å²) in [5.74, 6) is -0.247. The zero-order valence-electron chi connectivity index (χ0n) is 14.7. The van der Waals surface area contributed by atoms with Crippen molar-refractivity contribution in [1.82, 2.24) is 15.0 Å². The minimum absolute atomic E-state index is 0.316. The van der Waals surface area contributed by atoms with E-state index in [2.05, 4.69) is 20.3 Å². The summed E-state index contributed by atoms with van der Waals surface area (Å²) in [5.41, 5.74) is 2.88. The Kier molecular flexibility index (Phi) is 4.84. The van der Waals surface area contributed by atoms with Crippen molar-refractivity contribution in [2.75, 3.05) is 5.32 Å². The number of anilines is 1. The average molecular weight is 370 g/mol. The lowest BCUT2D eigenvalue weighted by atomic mass is 10.1. The van der Waals surface area contributed by atoms with Gasteiger partial charge >= 0.3 is 0 Å². The molecular weight excluding hydrogens is 355 g/mol. The van der Waals surface area contributed by atoms with Crippen LogP contribution < -0.4 is 5.32 Å². The molecule has 0 radical (unpaired) electrons. The Morgan fingerprint density at radius 1 is 0.857 bits per heavy atom. The lowest BCUT2D eigenvalue weighted by Crippen LogP contribution is -2.15. The molecule has 0 saturated heterocycles. The van der Waals surface area contributed by atoms with Gasteiger partial charge in [-0.25, -0.2) is 14.4 Å². The molecule has 0 spiro atoms. The first-order chi connectivity index (χ1) is 13.7. The Hall–Kier alpha value is -3.93. The van der Waals surface area contributed by atoms with Crippen LogP contribution in [0.1, 0.15) is 10.4 Å². The fourth-order valence-electron chi connectivity index (χ4n) is 2.74. The molecule has 2 heterocycles. The maximum atomic E-state index is 13.2. The number of hydrogen-bond donors (Lipinski definition) is 1. The number of nitrogens with one attached hydrogen (secondary N) is 1. The number of hydrogen-bond acceptors (Lipinski definition) is 4. The van der Waals surface area contributed by atoms with Crippen molar-refractivity contribution in [3.8, 4) is 22.6 Å². The highest BCUT2D eigenvalue weighted by Gasteiger charge is 2.17. The molecular formula is C22H15FN4O. The van der Waals surface area contributed by atoms with E-state index in [0.717, 1.165) is 5.56 Å². The minimum Gasteiger partial charge on any atom is -0.322 e. The highest BCUT2D eigenvalue weighted by atomic mass is 19.1. The second-order valence-electron chi connectivity index (χ2n) is 6.02. The SMILES string of the molecule is O=C(Nc1ccccc1)c1cnc(-c2ccc(F)cc2)nc1-c1ccncc1. The summed E-state index contributed by atoms with van der Waals surface area (Å²) in [5, 5.41) is 2.85. The molecule has 0 fully saturated rings. The zero-order chi connectivity index (χ0) is 19.3. The molecule has 2 aromatic carbocycles. The van der Waals surface area contributed by atoms with Gasteiger partial charge in [0, 0.05) is 35.4 Å². The van der Waals surface area contributed by atoms with Crippen LogP contribution in [0.4, 0.5) is 10.1 Å². The van der Waals surface area contributed by atoms with Crippen molar-refractivity contribution < 1.29 is 9.18 Å². The van der Waals surface area contributed by atoms with Crippen LogP contribution in [0, 0.1) is 5.82 Å². The zero-order valence-corrected chi connectivity index (χ0v) is 14.7. The molecule has 6 heteroatoms. The van der Waals surface area contributed by atoms with Gasteiger partial charge < -0.3 is 5.32 Å². The number of rotatable bonds is 4. The van der Waals surface area contributed by atoms with Crippen LogP contribution in [0.5, 0.6) is 0 Å². The molecule has 5 nitrogen and oxygen atoms in total. The largest absolute Gasteiger partial charge is 0.322 e. The summed E-state index contributed by atoms with van der Waals surface area (Å²) in [6.45, 7) is 0. The van der Waals surface area contributed by atoms with Crippen LogP contribution in [0.2, 0.25) is 0 Å². The number of para-hydroxylation sites is 1. The van der Waals surface area contributed by atoms with Crippen molar-refractivity contribution in [2.45, 2.75) is 0 Å². The first-order valence-electron chi connectivity index (χ1n) is 8.60. The second kappa shape index (κ2) is 7.75. The van der Waals surface area contributed by atoms with Gasteiger partial charge in [0.1, 0.15) is 5.82 Å². The van der Waals surface area contributed by atoms with Crippen molar-refractivity contribution in [2.24, 2.45) is 0 Å². The summed E-state index contributed by atoms with van der Waals surface area (Å²) in [4.78, 5) is 25.8. The Balaban J connectivity index is 1.77. The molecule has 2 aromatic heterocycles. The number of carbonyl (C=O) groups is 1. The standard InChI is InChI=1S/C22H15FN4O/c23-17-8-6-16(7-9-17)21-25-14-19(20(27-21)15-10-12-24-13-11-15)22(28)26-18-4-2-1-3-5-18/h1-14H,(H,26,28). The third-order valence-electron chi connectivity index (χ3n) is 4.12. The van der Waals surface area contributed by atoms with Gasteiger partial charge in [-0.2, -0.15) is 0 Å². The topological polar surface area (TPSA) is 67.8 Å². The number of aromatic nitrogens is 3. The normalized spacial score (nSPS) is 10.5. The van der Waals surface area contributed by atoms with Crippen molar-refractivity contribution in [3.63, 3.8) is 0 Å². The van der Waals surface area contributed by atoms with E-state index in [0.29, 0.717) is 28.3 Å². The van der Waals surface area contributed by atoms with Crippen LogP contribution in [-0.2, 0) is 0 Å². The van der Waals surface area contributed by atoms with Crippen LogP contribution in [0.25, 0.3) is 22.6 Å². The lowest BCUT2D eigenvalue weighted by Gasteiger charge is -2.11. The molecule has 0 aliphatic rings. The number of carbonyl (C=O) groups excluding carboxylic acids is 1. The Bertz CT molecular complexity index is 1100. The van der Waals surface area contributed by atoms with E-state index in [1.54, 1.807) is 48.8 Å². The molecule has 0 saturated carbocycles. The number of pyridine rings is 1. The summed E-state index contributed by atoms with van der Waals surface area (Å²) in [6.07, 6.45) is 4.75. The van der Waals surface area contributed by atoms with E-state index in [9.17, 15) is 9.18 Å². The first kappa shape index (κ1) is 17.5. The van der Waals surface area contributed by atoms with Crippen molar-refractivity contribution in [3.05, 3.63) is 96.7 Å². The molecule has 0 aliphatic carbocycles. The summed E-state index contributed by atoms with van der Waals surface area (Å²) in [7, 11) is 0. The summed E-state index contributed by atoms with van der Waals surface area (Å²) in [6, 6.07) is 18.6. The summed E-state index contributed by atoms with van der Waals surface area (Å²) >= 11 is 0. The van der Waals surface area contributed by atoms with E-state index < -0.39 is 0 Å². The maximum Gasteiger partial charge on any atom is 0.259 e. The number of nitrogens with zero attached hydrogens (tertiary/aromatic N) is 3. The molecule has 1 N–H and O–H groups in total. The predicted molar refractivity (Wildman–Crippen MR) is 105 cm³/mol. The summed E-state index contributed by atoms with van der Waals surface area (Å²) < 4.78 is 13.2. The molecule has 136 valence electrons. The van der Waals surface area contributed by atoms with Gasteiger partial charge in [-0.1, -0.05) is 18.2 Å². The number of benzene rings is 2. The fraction of sp³-hybridized carbons (Fsp3) is 0. The van der Waals surface area contributed by atoms with Crippen molar-refractivity contribution in [1.29, 1.82) is 0 Å². The van der Waals surface area contributed by atoms with Crippen LogP contribution in [0.15, 0.2) is 85.3 Å². The molecule has 0 bridgehead atoms. The van der Waals surface area contributed by atoms with E-state index in [-0.39, 0.29) is 11.7 Å². The molecule has 4 rings (SSSR count). The highest BCUT2D eigenvalue weighted by molar-refractivity contribution is 6.08. The molecule has 0 aliphatic heterocycles. The van der Waals surface area contributed by atoms with Crippen LogP contribution in [0.3, 0.4) is 0 Å². The van der Waals surface area contributed by atoms with Gasteiger partial charge in [0.25, 0.3) is 5.91 Å². The maximum absolute atomic E-state index is 13.2. The Morgan fingerprint density at radius 3 is 2.29 bits per heavy atom. The average Bonchev–Trinajstić information content (AvgIpc) is 2.75. The molecule has 1 amide bonds. The third-order valence-corrected chi connectivity index (χ3v) is 4.12. The van der Waals surface area contributed by atoms with Crippen molar-refractivity contribution >= 4 is 11.6 Å². The van der Waals surface area contributed by atoms with Crippen LogP contribution in [-0.4, -0.2) is 20.9 Å². The molecule has 0 unspecified atom stereocenters. The highest BCUT2D eigenvalue weighted by Crippen LogP contribution is 2.25. The van der Waals surface area contributed by atoms with Gasteiger partial charge in [-0.15, -0.1) is 0 Å². The molecule has 28 heavy (non-hydrogen) atoms. The number of halogens is 1. The van der Waals surface area contributed by atoms with Gasteiger partial charge in [0.05, 0.1) is 11.3 Å². The van der Waals surface area contributed by atoms with Gasteiger partial charge in [-0.05, 0) is 48.5 Å². The molecule has 4 aromatic rings. The third kappa shape index (κ3) is 3.76. The quantitative estimate of drug-likeness (QED) is 0.570. The van der Waals surface area contributed by atoms with Crippen LogP contribution >= 0.6 is 0 Å². The smallest absolute Gasteiger partial charge is 0.259 e. The first-order valence-corrected chi connectivity index (χ1v) is 8.60. The minimum atomic E-state index is -0.336.